The van der Waals surface area contributed by atoms with Crippen LogP contribution in [0.15, 0.2) is 42.5 Å². The normalized spacial score (nSPS) is 23.9. The van der Waals surface area contributed by atoms with Crippen molar-refractivity contribution < 1.29 is 28.6 Å². The molecule has 2 aromatic rings. The van der Waals surface area contributed by atoms with Crippen LogP contribution in [0.25, 0.3) is 0 Å². The SMILES string of the molecule is O=C1COc2ccc(N3C(=O)OC4CC(NC(=O)OCc5ccccc5)CCC43)nc2N1. The minimum absolute atomic E-state index is 0.0628. The van der Waals surface area contributed by atoms with Gasteiger partial charge in [-0.2, -0.15) is 0 Å². The van der Waals surface area contributed by atoms with E-state index in [4.69, 9.17) is 14.2 Å². The zero-order valence-electron chi connectivity index (χ0n) is 17.2. The van der Waals surface area contributed by atoms with E-state index in [9.17, 15) is 14.4 Å². The highest BCUT2D eigenvalue weighted by Gasteiger charge is 2.47. The molecule has 166 valence electrons. The number of anilines is 2. The zero-order valence-corrected chi connectivity index (χ0v) is 17.2. The van der Waals surface area contributed by atoms with Crippen LogP contribution in [0.5, 0.6) is 5.75 Å². The summed E-state index contributed by atoms with van der Waals surface area (Å²) < 4.78 is 16.2. The first kappa shape index (κ1) is 20.1. The molecule has 5 rings (SSSR count). The molecule has 0 radical (unpaired) electrons. The van der Waals surface area contributed by atoms with E-state index in [2.05, 4.69) is 15.6 Å². The molecule has 1 saturated heterocycles. The van der Waals surface area contributed by atoms with E-state index >= 15 is 0 Å². The lowest BCUT2D eigenvalue weighted by molar-refractivity contribution is -0.118. The number of amides is 3. The smallest absolute Gasteiger partial charge is 0.416 e. The Morgan fingerprint density at radius 1 is 1.19 bits per heavy atom. The molecule has 3 aliphatic rings. The highest BCUT2D eigenvalue weighted by atomic mass is 16.6. The van der Waals surface area contributed by atoms with Gasteiger partial charge in [-0.1, -0.05) is 30.3 Å². The Bertz CT molecular complexity index is 1050. The number of rotatable bonds is 4. The zero-order chi connectivity index (χ0) is 22.1. The number of carbonyl (C=O) groups excluding carboxylic acids is 3. The minimum Gasteiger partial charge on any atom is -0.480 e. The van der Waals surface area contributed by atoms with E-state index < -0.39 is 12.2 Å². The van der Waals surface area contributed by atoms with Crippen molar-refractivity contribution >= 4 is 29.7 Å². The maximum absolute atomic E-state index is 12.6. The van der Waals surface area contributed by atoms with Crippen LogP contribution in [0.4, 0.5) is 21.2 Å². The van der Waals surface area contributed by atoms with E-state index in [-0.39, 0.29) is 43.1 Å². The van der Waals surface area contributed by atoms with E-state index in [1.54, 1.807) is 12.1 Å². The Morgan fingerprint density at radius 3 is 2.88 bits per heavy atom. The monoisotopic (exact) mass is 438 g/mol. The van der Waals surface area contributed by atoms with Gasteiger partial charge in [-0.05, 0) is 30.5 Å². The first-order valence-corrected chi connectivity index (χ1v) is 10.5. The van der Waals surface area contributed by atoms with Crippen molar-refractivity contribution in [1.29, 1.82) is 0 Å². The summed E-state index contributed by atoms with van der Waals surface area (Å²) in [5.41, 5.74) is 0.908. The number of alkyl carbamates (subject to hydrolysis) is 1. The molecule has 32 heavy (non-hydrogen) atoms. The first-order chi connectivity index (χ1) is 15.6. The van der Waals surface area contributed by atoms with Crippen LogP contribution in [0.3, 0.4) is 0 Å². The molecular formula is C22H22N4O6. The lowest BCUT2D eigenvalue weighted by Crippen LogP contribution is -2.47. The maximum Gasteiger partial charge on any atom is 0.416 e. The number of carbonyl (C=O) groups is 3. The van der Waals surface area contributed by atoms with Crippen molar-refractivity contribution in [2.75, 3.05) is 16.8 Å². The molecule has 2 N–H and O–H groups in total. The second-order valence-electron chi connectivity index (χ2n) is 7.93. The highest BCUT2D eigenvalue weighted by molar-refractivity contribution is 5.95. The summed E-state index contributed by atoms with van der Waals surface area (Å²) >= 11 is 0. The molecular weight excluding hydrogens is 416 g/mol. The number of benzene rings is 1. The van der Waals surface area contributed by atoms with Gasteiger partial charge < -0.3 is 24.8 Å². The van der Waals surface area contributed by atoms with Gasteiger partial charge in [0.15, 0.2) is 18.2 Å². The number of nitrogens with one attached hydrogen (secondary N) is 2. The second kappa shape index (κ2) is 8.37. The lowest BCUT2D eigenvalue weighted by atomic mass is 9.88. The quantitative estimate of drug-likeness (QED) is 0.753. The van der Waals surface area contributed by atoms with Gasteiger partial charge >= 0.3 is 12.2 Å². The molecule has 3 atom stereocenters. The Hall–Kier alpha value is -3.82. The van der Waals surface area contributed by atoms with Crippen LogP contribution < -0.4 is 20.3 Å². The van der Waals surface area contributed by atoms with Gasteiger partial charge in [0.05, 0.1) is 6.04 Å². The van der Waals surface area contributed by atoms with Crippen molar-refractivity contribution in [2.45, 2.75) is 44.1 Å². The van der Waals surface area contributed by atoms with Gasteiger partial charge in [-0.3, -0.25) is 9.69 Å². The lowest BCUT2D eigenvalue weighted by Gasteiger charge is -2.32. The Morgan fingerprint density at radius 2 is 2.03 bits per heavy atom. The minimum atomic E-state index is -0.497. The van der Waals surface area contributed by atoms with Crippen molar-refractivity contribution in [1.82, 2.24) is 10.3 Å². The fourth-order valence-corrected chi connectivity index (χ4v) is 4.27. The van der Waals surface area contributed by atoms with E-state index in [1.165, 1.54) is 4.90 Å². The van der Waals surface area contributed by atoms with E-state index in [1.807, 2.05) is 30.3 Å². The molecule has 1 aromatic heterocycles. The molecule has 10 nitrogen and oxygen atoms in total. The highest BCUT2D eigenvalue weighted by Crippen LogP contribution is 2.37. The number of pyridine rings is 1. The van der Waals surface area contributed by atoms with Crippen molar-refractivity contribution in [3.63, 3.8) is 0 Å². The molecule has 0 spiro atoms. The van der Waals surface area contributed by atoms with Crippen LogP contribution in [-0.4, -0.2) is 47.9 Å². The Kier molecular flexibility index (Phi) is 5.26. The first-order valence-electron chi connectivity index (χ1n) is 10.5. The van der Waals surface area contributed by atoms with Gasteiger partial charge in [0.1, 0.15) is 18.5 Å². The molecule has 3 unspecified atom stereocenters. The molecule has 3 heterocycles. The summed E-state index contributed by atoms with van der Waals surface area (Å²) in [5, 5.41) is 5.51. The van der Waals surface area contributed by atoms with Gasteiger partial charge in [0.25, 0.3) is 5.91 Å². The number of aromatic nitrogens is 1. The van der Waals surface area contributed by atoms with Gasteiger partial charge in [0, 0.05) is 12.5 Å². The van der Waals surface area contributed by atoms with Crippen LogP contribution in [0.1, 0.15) is 24.8 Å². The van der Waals surface area contributed by atoms with Gasteiger partial charge in [-0.25, -0.2) is 14.6 Å². The standard InChI is InChI=1S/C22H22N4O6/c27-19-12-30-16-8-9-18(24-20(16)25-19)26-15-7-6-14(10-17(15)32-22(26)29)23-21(28)31-11-13-4-2-1-3-5-13/h1-5,8-9,14-15,17H,6-7,10-12H2,(H,23,28)(H,24,25,27). The average molecular weight is 438 g/mol. The predicted molar refractivity (Wildman–Crippen MR) is 112 cm³/mol. The molecule has 1 aliphatic carbocycles. The van der Waals surface area contributed by atoms with Gasteiger partial charge in [0.2, 0.25) is 0 Å². The third kappa shape index (κ3) is 4.03. The molecule has 1 aromatic carbocycles. The topological polar surface area (TPSA) is 119 Å². The number of nitrogens with zero attached hydrogens (tertiary/aromatic N) is 2. The van der Waals surface area contributed by atoms with E-state index in [0.717, 1.165) is 5.56 Å². The van der Waals surface area contributed by atoms with Crippen molar-refractivity contribution in [3.8, 4) is 5.75 Å². The number of fused-ring (bicyclic) bond motifs is 2. The molecule has 1 saturated carbocycles. The molecule has 3 amide bonds. The van der Waals surface area contributed by atoms with Crippen molar-refractivity contribution in [2.24, 2.45) is 0 Å². The Labute approximate surface area is 183 Å². The van der Waals surface area contributed by atoms with Crippen LogP contribution in [0.2, 0.25) is 0 Å². The largest absolute Gasteiger partial charge is 0.480 e. The number of hydrogen-bond acceptors (Lipinski definition) is 7. The van der Waals surface area contributed by atoms with E-state index in [0.29, 0.717) is 30.8 Å². The second-order valence-corrected chi connectivity index (χ2v) is 7.93. The molecule has 2 aliphatic heterocycles. The van der Waals surface area contributed by atoms with Gasteiger partial charge in [-0.15, -0.1) is 0 Å². The van der Waals surface area contributed by atoms with Crippen LogP contribution in [-0.2, 0) is 20.9 Å². The summed E-state index contributed by atoms with van der Waals surface area (Å²) in [6, 6.07) is 12.4. The summed E-state index contributed by atoms with van der Waals surface area (Å²) in [7, 11) is 0. The third-order valence-corrected chi connectivity index (χ3v) is 5.78. The summed E-state index contributed by atoms with van der Waals surface area (Å²) in [5.74, 6) is 0.835. The number of ether oxygens (including phenoxy) is 3. The summed E-state index contributed by atoms with van der Waals surface area (Å²) in [6.45, 7) is 0.130. The maximum atomic E-state index is 12.6. The fraction of sp³-hybridized carbons (Fsp3) is 0.364. The summed E-state index contributed by atoms with van der Waals surface area (Å²) in [6.07, 6.45) is 0.409. The van der Waals surface area contributed by atoms with Crippen LogP contribution in [0, 0.1) is 0 Å². The number of hydrogen-bond donors (Lipinski definition) is 2. The summed E-state index contributed by atoms with van der Waals surface area (Å²) in [4.78, 5) is 42.2. The average Bonchev–Trinajstić information content (AvgIpc) is 3.12. The van der Waals surface area contributed by atoms with Crippen molar-refractivity contribution in [3.05, 3.63) is 48.0 Å². The molecule has 0 bridgehead atoms. The Balaban J connectivity index is 1.20. The third-order valence-electron chi connectivity index (χ3n) is 5.78. The fourth-order valence-electron chi connectivity index (χ4n) is 4.27. The predicted octanol–water partition coefficient (Wildman–Crippen LogP) is 2.59. The molecule has 10 heteroatoms. The molecule has 2 fully saturated rings. The van der Waals surface area contributed by atoms with Crippen LogP contribution >= 0.6 is 0 Å².